The summed E-state index contributed by atoms with van der Waals surface area (Å²) in [5.41, 5.74) is -0.417. The molecule has 2 heterocycles. The van der Waals surface area contributed by atoms with Crippen LogP contribution in [-0.4, -0.2) is 26.7 Å². The molecule has 1 unspecified atom stereocenters. The van der Waals surface area contributed by atoms with Gasteiger partial charge in [0.15, 0.2) is 5.82 Å². The van der Waals surface area contributed by atoms with Crippen LogP contribution in [0.15, 0.2) is 24.3 Å². The number of halogens is 3. The molecule has 27 heavy (non-hydrogen) atoms. The molecule has 0 radical (unpaired) electrons. The monoisotopic (exact) mass is 378 g/mol. The summed E-state index contributed by atoms with van der Waals surface area (Å²) in [7, 11) is 0. The first-order valence-corrected chi connectivity index (χ1v) is 9.35. The molecule has 0 spiro atoms. The fraction of sp³-hybridized carbons (Fsp3) is 0.526. The molecule has 0 bridgehead atoms. The highest BCUT2D eigenvalue weighted by Crippen LogP contribution is 2.35. The van der Waals surface area contributed by atoms with Gasteiger partial charge in [-0.15, -0.1) is 10.2 Å². The SMILES string of the molecule is O=C(NC1CCCCC1)C1CCc2nnc(-c3cccc(C(F)(F)F)c3)n21. The molecule has 1 amide bonds. The van der Waals surface area contributed by atoms with Crippen molar-refractivity contribution in [2.45, 2.75) is 63.2 Å². The van der Waals surface area contributed by atoms with Crippen LogP contribution in [0.5, 0.6) is 0 Å². The topological polar surface area (TPSA) is 59.8 Å². The zero-order valence-electron chi connectivity index (χ0n) is 14.8. The largest absolute Gasteiger partial charge is 0.416 e. The molecule has 1 fully saturated rings. The second-order valence-electron chi connectivity index (χ2n) is 7.29. The number of hydrogen-bond donors (Lipinski definition) is 1. The number of aromatic nitrogens is 3. The number of alkyl halides is 3. The third-order valence-corrected chi connectivity index (χ3v) is 5.42. The van der Waals surface area contributed by atoms with Gasteiger partial charge in [0.1, 0.15) is 11.9 Å². The Morgan fingerprint density at radius 1 is 1.11 bits per heavy atom. The van der Waals surface area contributed by atoms with Crippen LogP contribution in [0.4, 0.5) is 13.2 Å². The Bertz CT molecular complexity index is 840. The molecule has 1 aromatic carbocycles. The van der Waals surface area contributed by atoms with Crippen LogP contribution in [0, 0.1) is 0 Å². The van der Waals surface area contributed by atoms with Gasteiger partial charge in [-0.1, -0.05) is 31.4 Å². The van der Waals surface area contributed by atoms with Gasteiger partial charge in [-0.2, -0.15) is 13.2 Å². The first-order valence-electron chi connectivity index (χ1n) is 9.35. The van der Waals surface area contributed by atoms with Crippen molar-refractivity contribution in [2.24, 2.45) is 0 Å². The molecule has 1 atom stereocenters. The van der Waals surface area contributed by atoms with Crippen LogP contribution in [0.3, 0.4) is 0 Å². The Kier molecular flexibility index (Phi) is 4.65. The lowest BCUT2D eigenvalue weighted by atomic mass is 9.95. The second-order valence-corrected chi connectivity index (χ2v) is 7.29. The van der Waals surface area contributed by atoms with Gasteiger partial charge < -0.3 is 5.32 Å². The zero-order valence-corrected chi connectivity index (χ0v) is 14.8. The highest BCUT2D eigenvalue weighted by Gasteiger charge is 2.35. The van der Waals surface area contributed by atoms with Gasteiger partial charge >= 0.3 is 6.18 Å². The molecule has 1 aliphatic heterocycles. The fourth-order valence-electron chi connectivity index (χ4n) is 4.04. The van der Waals surface area contributed by atoms with Crippen molar-refractivity contribution < 1.29 is 18.0 Å². The van der Waals surface area contributed by atoms with E-state index in [2.05, 4.69) is 15.5 Å². The molecule has 1 saturated carbocycles. The standard InChI is InChI=1S/C19H21F3N4O/c20-19(21,22)13-6-4-5-12(11-13)17-25-24-16-10-9-15(26(16)17)18(27)23-14-7-2-1-3-8-14/h4-6,11,14-15H,1-3,7-10H2,(H,23,27). The first kappa shape index (κ1) is 18.0. The van der Waals surface area contributed by atoms with Gasteiger partial charge in [-0.25, -0.2) is 0 Å². The fourth-order valence-corrected chi connectivity index (χ4v) is 4.04. The molecule has 0 saturated heterocycles. The van der Waals surface area contributed by atoms with E-state index < -0.39 is 17.8 Å². The van der Waals surface area contributed by atoms with E-state index in [-0.39, 0.29) is 11.9 Å². The smallest absolute Gasteiger partial charge is 0.352 e. The highest BCUT2D eigenvalue weighted by atomic mass is 19.4. The van der Waals surface area contributed by atoms with Crippen molar-refractivity contribution in [1.82, 2.24) is 20.1 Å². The molecule has 1 aromatic heterocycles. The Hall–Kier alpha value is -2.38. The minimum atomic E-state index is -4.43. The van der Waals surface area contributed by atoms with E-state index in [9.17, 15) is 18.0 Å². The number of benzene rings is 1. The molecule has 144 valence electrons. The van der Waals surface area contributed by atoms with Gasteiger partial charge in [-0.05, 0) is 31.4 Å². The van der Waals surface area contributed by atoms with Crippen molar-refractivity contribution >= 4 is 5.91 Å². The summed E-state index contributed by atoms with van der Waals surface area (Å²) in [4.78, 5) is 12.8. The summed E-state index contributed by atoms with van der Waals surface area (Å²) < 4.78 is 40.8. The minimum Gasteiger partial charge on any atom is -0.352 e. The molecule has 2 aromatic rings. The number of carbonyl (C=O) groups excluding carboxylic acids is 1. The maximum Gasteiger partial charge on any atom is 0.416 e. The van der Waals surface area contributed by atoms with E-state index in [4.69, 9.17) is 0 Å². The molecular weight excluding hydrogens is 357 g/mol. The lowest BCUT2D eigenvalue weighted by Crippen LogP contribution is -2.40. The van der Waals surface area contributed by atoms with Crippen molar-refractivity contribution in [1.29, 1.82) is 0 Å². The number of fused-ring (bicyclic) bond motifs is 1. The maximum absolute atomic E-state index is 13.0. The molecule has 8 heteroatoms. The van der Waals surface area contributed by atoms with Crippen molar-refractivity contribution in [3.63, 3.8) is 0 Å². The normalized spacial score (nSPS) is 20.5. The summed E-state index contributed by atoms with van der Waals surface area (Å²) in [5.74, 6) is 0.872. The zero-order chi connectivity index (χ0) is 19.0. The third kappa shape index (κ3) is 3.57. The van der Waals surface area contributed by atoms with E-state index in [0.717, 1.165) is 37.8 Å². The van der Waals surface area contributed by atoms with Crippen LogP contribution in [0.1, 0.15) is 56.0 Å². The summed E-state index contributed by atoms with van der Waals surface area (Å²) in [6.07, 6.45) is 2.14. The van der Waals surface area contributed by atoms with Crippen LogP contribution in [-0.2, 0) is 17.4 Å². The van der Waals surface area contributed by atoms with E-state index in [1.807, 2.05) is 0 Å². The average Bonchev–Trinajstić information content (AvgIpc) is 3.24. The van der Waals surface area contributed by atoms with E-state index in [0.29, 0.717) is 30.1 Å². The summed E-state index contributed by atoms with van der Waals surface area (Å²) in [6, 6.07) is 4.72. The van der Waals surface area contributed by atoms with Crippen LogP contribution >= 0.6 is 0 Å². The Labute approximate surface area is 155 Å². The number of rotatable bonds is 3. The lowest BCUT2D eigenvalue weighted by Gasteiger charge is -2.25. The summed E-state index contributed by atoms with van der Waals surface area (Å²) >= 11 is 0. The number of hydrogen-bond acceptors (Lipinski definition) is 3. The van der Waals surface area contributed by atoms with Crippen molar-refractivity contribution in [3.8, 4) is 11.4 Å². The number of aryl methyl sites for hydroxylation is 1. The first-order chi connectivity index (χ1) is 12.9. The third-order valence-electron chi connectivity index (χ3n) is 5.42. The van der Waals surface area contributed by atoms with E-state index in [1.54, 1.807) is 10.6 Å². The van der Waals surface area contributed by atoms with E-state index >= 15 is 0 Å². The van der Waals surface area contributed by atoms with Crippen molar-refractivity contribution in [3.05, 3.63) is 35.7 Å². The summed E-state index contributed by atoms with van der Waals surface area (Å²) in [5, 5.41) is 11.3. The van der Waals surface area contributed by atoms with Gasteiger partial charge in [-0.3, -0.25) is 9.36 Å². The Morgan fingerprint density at radius 2 is 1.89 bits per heavy atom. The number of nitrogens with zero attached hydrogens (tertiary/aromatic N) is 3. The Balaban J connectivity index is 1.61. The quantitative estimate of drug-likeness (QED) is 0.881. The second kappa shape index (κ2) is 6.98. The van der Waals surface area contributed by atoms with Crippen LogP contribution in [0.25, 0.3) is 11.4 Å². The molecule has 4 rings (SSSR count). The van der Waals surface area contributed by atoms with Gasteiger partial charge in [0, 0.05) is 18.0 Å². The highest BCUT2D eigenvalue weighted by molar-refractivity contribution is 5.82. The van der Waals surface area contributed by atoms with Crippen molar-refractivity contribution in [2.75, 3.05) is 0 Å². The van der Waals surface area contributed by atoms with Crippen LogP contribution in [0.2, 0.25) is 0 Å². The predicted octanol–water partition coefficient (Wildman–Crippen LogP) is 3.90. The molecule has 2 aliphatic rings. The van der Waals surface area contributed by atoms with Gasteiger partial charge in [0.05, 0.1) is 5.56 Å². The predicted molar refractivity (Wildman–Crippen MR) is 92.8 cm³/mol. The molecule has 5 nitrogen and oxygen atoms in total. The van der Waals surface area contributed by atoms with E-state index in [1.165, 1.54) is 12.5 Å². The molecule has 1 N–H and O–H groups in total. The van der Waals surface area contributed by atoms with Crippen LogP contribution < -0.4 is 5.32 Å². The number of carbonyl (C=O) groups is 1. The molecular formula is C19H21F3N4O. The molecule has 1 aliphatic carbocycles. The lowest BCUT2D eigenvalue weighted by molar-refractivity contribution is -0.137. The van der Waals surface area contributed by atoms with Gasteiger partial charge in [0.2, 0.25) is 5.91 Å². The average molecular weight is 378 g/mol. The maximum atomic E-state index is 13.0. The summed E-state index contributed by atoms with van der Waals surface area (Å²) in [6.45, 7) is 0. The number of amides is 1. The Morgan fingerprint density at radius 3 is 2.63 bits per heavy atom. The number of nitrogens with one attached hydrogen (secondary N) is 1. The minimum absolute atomic E-state index is 0.0892. The van der Waals surface area contributed by atoms with Gasteiger partial charge in [0.25, 0.3) is 0 Å².